The number of alkyl halides is 1. The van der Waals surface area contributed by atoms with Crippen molar-refractivity contribution in [3.8, 4) is 6.07 Å². The third kappa shape index (κ3) is 1.04. The number of hydrogen-bond donors (Lipinski definition) is 0. The maximum absolute atomic E-state index is 13.6. The van der Waals surface area contributed by atoms with E-state index in [0.717, 1.165) is 0 Å². The first-order chi connectivity index (χ1) is 6.58. The molecule has 0 heterocycles. The lowest BCUT2D eigenvalue weighted by atomic mass is 10.0. The molecule has 0 N–H and O–H groups in total. The van der Waals surface area contributed by atoms with E-state index in [-0.39, 0.29) is 17.0 Å². The predicted octanol–water partition coefficient (Wildman–Crippen LogP) is 2.31. The van der Waals surface area contributed by atoms with Crippen LogP contribution < -0.4 is 0 Å². The fourth-order valence-electron chi connectivity index (χ4n) is 1.60. The van der Waals surface area contributed by atoms with Crippen molar-refractivity contribution in [2.75, 3.05) is 0 Å². The van der Waals surface area contributed by atoms with E-state index >= 15 is 0 Å². The second-order valence-corrected chi connectivity index (χ2v) is 3.60. The molecule has 14 heavy (non-hydrogen) atoms. The van der Waals surface area contributed by atoms with E-state index in [1.807, 2.05) is 0 Å². The summed E-state index contributed by atoms with van der Waals surface area (Å²) in [6.45, 7) is 0. The van der Waals surface area contributed by atoms with Gasteiger partial charge in [0.25, 0.3) is 5.67 Å². The predicted molar refractivity (Wildman–Crippen MR) is 48.9 cm³/mol. The van der Waals surface area contributed by atoms with Crippen molar-refractivity contribution in [3.05, 3.63) is 34.3 Å². The first-order valence-electron chi connectivity index (χ1n) is 4.01. The number of nitriles is 1. The summed E-state index contributed by atoms with van der Waals surface area (Å²) in [6, 6.07) is 6.15. The third-order valence-electron chi connectivity index (χ3n) is 2.30. The minimum absolute atomic E-state index is 0.151. The highest BCUT2D eigenvalue weighted by atomic mass is 35.5. The lowest BCUT2D eigenvalue weighted by Crippen LogP contribution is -2.28. The number of Topliss-reactive ketones (excluding diaryl/α,β-unsaturated/α-hetero) is 1. The van der Waals surface area contributed by atoms with Gasteiger partial charge in [0.05, 0.1) is 5.02 Å². The van der Waals surface area contributed by atoms with Crippen LogP contribution in [0.3, 0.4) is 0 Å². The van der Waals surface area contributed by atoms with Crippen LogP contribution in [0.25, 0.3) is 0 Å². The minimum Gasteiger partial charge on any atom is -0.289 e. The Labute approximate surface area is 84.9 Å². The van der Waals surface area contributed by atoms with E-state index < -0.39 is 11.5 Å². The zero-order chi connectivity index (χ0) is 10.3. The van der Waals surface area contributed by atoms with Gasteiger partial charge in [0.1, 0.15) is 6.07 Å². The Kier molecular flexibility index (Phi) is 1.83. The van der Waals surface area contributed by atoms with Gasteiger partial charge in [-0.25, -0.2) is 4.39 Å². The van der Waals surface area contributed by atoms with Crippen LogP contribution in [0.5, 0.6) is 0 Å². The molecule has 0 saturated heterocycles. The lowest BCUT2D eigenvalue weighted by Gasteiger charge is -2.04. The molecule has 1 aliphatic carbocycles. The molecular formula is C10H5ClFNO. The number of carbonyl (C=O) groups excluding carboxylic acids is 1. The summed E-state index contributed by atoms with van der Waals surface area (Å²) in [7, 11) is 0. The quantitative estimate of drug-likeness (QED) is 0.658. The fraction of sp³-hybridized carbons (Fsp3) is 0.200. The third-order valence-corrected chi connectivity index (χ3v) is 2.61. The van der Waals surface area contributed by atoms with Crippen LogP contribution in [0.4, 0.5) is 4.39 Å². The van der Waals surface area contributed by atoms with E-state index in [9.17, 15) is 9.18 Å². The first kappa shape index (κ1) is 9.17. The number of carbonyl (C=O) groups is 1. The van der Waals surface area contributed by atoms with Gasteiger partial charge < -0.3 is 0 Å². The highest BCUT2D eigenvalue weighted by molar-refractivity contribution is 6.35. The van der Waals surface area contributed by atoms with Crippen molar-refractivity contribution in [2.45, 2.75) is 12.1 Å². The van der Waals surface area contributed by atoms with Gasteiger partial charge in [-0.3, -0.25) is 4.79 Å². The van der Waals surface area contributed by atoms with Crippen LogP contribution in [-0.2, 0) is 6.42 Å². The summed E-state index contributed by atoms with van der Waals surface area (Å²) in [4.78, 5) is 11.5. The Balaban J connectivity index is 2.64. The van der Waals surface area contributed by atoms with Crippen molar-refractivity contribution in [2.24, 2.45) is 0 Å². The SMILES string of the molecule is N#C[C@]1(F)Cc2cccc(Cl)c2C1=O. The molecule has 1 aromatic rings. The van der Waals surface area contributed by atoms with E-state index in [1.54, 1.807) is 12.1 Å². The first-order valence-corrected chi connectivity index (χ1v) is 4.38. The molecule has 4 heteroatoms. The monoisotopic (exact) mass is 209 g/mol. The summed E-state index contributed by atoms with van der Waals surface area (Å²) in [5.74, 6) is -0.819. The number of hydrogen-bond acceptors (Lipinski definition) is 2. The van der Waals surface area contributed by atoms with Gasteiger partial charge in [-0.1, -0.05) is 23.7 Å². The van der Waals surface area contributed by atoms with Crippen molar-refractivity contribution in [1.82, 2.24) is 0 Å². The number of ketones is 1. The number of benzene rings is 1. The van der Waals surface area contributed by atoms with Crippen LogP contribution in [0.2, 0.25) is 5.02 Å². The Bertz CT molecular complexity index is 466. The van der Waals surface area contributed by atoms with Gasteiger partial charge in [-0.05, 0) is 11.6 Å². The summed E-state index contributed by atoms with van der Waals surface area (Å²) >= 11 is 5.75. The molecule has 2 rings (SSSR count). The van der Waals surface area contributed by atoms with Crippen LogP contribution in [-0.4, -0.2) is 11.5 Å². The minimum atomic E-state index is -2.42. The van der Waals surface area contributed by atoms with Gasteiger partial charge in [-0.2, -0.15) is 5.26 Å². The molecule has 1 aromatic carbocycles. The van der Waals surface area contributed by atoms with Crippen LogP contribution >= 0.6 is 11.6 Å². The maximum atomic E-state index is 13.6. The molecule has 0 amide bonds. The number of nitrogens with zero attached hydrogens (tertiary/aromatic N) is 1. The average Bonchev–Trinajstić information content (AvgIpc) is 2.42. The molecular weight excluding hydrogens is 205 g/mol. The van der Waals surface area contributed by atoms with Crippen molar-refractivity contribution < 1.29 is 9.18 Å². The van der Waals surface area contributed by atoms with Gasteiger partial charge in [0, 0.05) is 12.0 Å². The van der Waals surface area contributed by atoms with Gasteiger partial charge in [0.15, 0.2) is 0 Å². The molecule has 70 valence electrons. The molecule has 0 aliphatic heterocycles. The van der Waals surface area contributed by atoms with Gasteiger partial charge in [0.2, 0.25) is 5.78 Å². The van der Waals surface area contributed by atoms with Crippen LogP contribution in [0.15, 0.2) is 18.2 Å². The van der Waals surface area contributed by atoms with Gasteiger partial charge >= 0.3 is 0 Å². The maximum Gasteiger partial charge on any atom is 0.262 e. The molecule has 0 saturated carbocycles. The number of rotatable bonds is 0. The van der Waals surface area contributed by atoms with E-state index in [2.05, 4.69) is 0 Å². The van der Waals surface area contributed by atoms with E-state index in [4.69, 9.17) is 16.9 Å². The molecule has 0 unspecified atom stereocenters. The largest absolute Gasteiger partial charge is 0.289 e. The Morgan fingerprint density at radius 2 is 2.29 bits per heavy atom. The van der Waals surface area contributed by atoms with Crippen molar-refractivity contribution in [1.29, 1.82) is 5.26 Å². The van der Waals surface area contributed by atoms with Crippen molar-refractivity contribution in [3.63, 3.8) is 0 Å². The summed E-state index contributed by atoms with van der Waals surface area (Å²) < 4.78 is 13.6. The van der Waals surface area contributed by atoms with Crippen LogP contribution in [0, 0.1) is 11.3 Å². The second-order valence-electron chi connectivity index (χ2n) is 3.19. The molecule has 1 atom stereocenters. The Hall–Kier alpha value is -1.40. The summed E-state index contributed by atoms with van der Waals surface area (Å²) in [5.41, 5.74) is -1.77. The van der Waals surface area contributed by atoms with Gasteiger partial charge in [-0.15, -0.1) is 0 Å². The molecule has 0 aromatic heterocycles. The van der Waals surface area contributed by atoms with Crippen LogP contribution in [0.1, 0.15) is 15.9 Å². The topological polar surface area (TPSA) is 40.9 Å². The molecule has 1 aliphatic rings. The van der Waals surface area contributed by atoms with Crippen molar-refractivity contribution >= 4 is 17.4 Å². The number of halogens is 2. The zero-order valence-electron chi connectivity index (χ0n) is 7.05. The second kappa shape index (κ2) is 2.79. The smallest absolute Gasteiger partial charge is 0.262 e. The normalized spacial score (nSPS) is 24.5. The standard InChI is InChI=1S/C10H5ClFNO/c11-7-3-1-2-6-4-10(12,5-13)9(14)8(6)7/h1-3H,4H2/t10-/m1/s1. The van der Waals surface area contributed by atoms with E-state index in [0.29, 0.717) is 5.56 Å². The molecule has 0 radical (unpaired) electrons. The molecule has 0 fully saturated rings. The number of fused-ring (bicyclic) bond motifs is 1. The molecule has 0 bridgehead atoms. The Morgan fingerprint density at radius 3 is 2.86 bits per heavy atom. The zero-order valence-corrected chi connectivity index (χ0v) is 7.81. The summed E-state index contributed by atoms with van der Waals surface area (Å²) in [5, 5.41) is 8.78. The highest BCUT2D eigenvalue weighted by Crippen LogP contribution is 2.36. The lowest BCUT2D eigenvalue weighted by molar-refractivity contribution is 0.0820. The Morgan fingerprint density at radius 1 is 1.57 bits per heavy atom. The van der Waals surface area contributed by atoms with E-state index in [1.165, 1.54) is 12.1 Å². The fourth-order valence-corrected chi connectivity index (χ4v) is 1.88. The average molecular weight is 210 g/mol. The highest BCUT2D eigenvalue weighted by Gasteiger charge is 2.47. The molecule has 2 nitrogen and oxygen atoms in total. The molecule has 0 spiro atoms. The summed E-state index contributed by atoms with van der Waals surface area (Å²) in [6.07, 6.45) is -0.196.